The molecule has 0 saturated heterocycles. The van der Waals surface area contributed by atoms with Crippen LogP contribution in [0.3, 0.4) is 0 Å². The molecule has 0 atom stereocenters. The van der Waals surface area contributed by atoms with E-state index in [1.807, 2.05) is 0 Å². The highest BCUT2D eigenvalue weighted by Crippen LogP contribution is 2.44. The Morgan fingerprint density at radius 1 is 0.278 bits per heavy atom. The Hall–Kier alpha value is -7.16. The van der Waals surface area contributed by atoms with Gasteiger partial charge in [0, 0.05) is 32.8 Å². The van der Waals surface area contributed by atoms with E-state index in [4.69, 9.17) is 9.97 Å². The van der Waals surface area contributed by atoms with Gasteiger partial charge in [0.1, 0.15) is 0 Å². The van der Waals surface area contributed by atoms with Crippen LogP contribution in [0.5, 0.6) is 0 Å². The molecule has 2 heteroatoms. The molecule has 0 radical (unpaired) electrons. The molecule has 0 spiro atoms. The van der Waals surface area contributed by atoms with Crippen LogP contribution in [0, 0.1) is 0 Å². The number of rotatable bonds is 4. The molecule has 0 saturated carbocycles. The molecular formula is C52H32N2. The van der Waals surface area contributed by atoms with E-state index in [0.717, 1.165) is 61.2 Å². The first-order valence-electron chi connectivity index (χ1n) is 18.5. The van der Waals surface area contributed by atoms with Gasteiger partial charge in [-0.2, -0.15) is 0 Å². The van der Waals surface area contributed by atoms with Gasteiger partial charge in [-0.25, -0.2) is 9.97 Å². The van der Waals surface area contributed by atoms with Crippen LogP contribution in [0.2, 0.25) is 0 Å². The van der Waals surface area contributed by atoms with Crippen molar-refractivity contribution in [1.82, 2.24) is 9.97 Å². The van der Waals surface area contributed by atoms with E-state index in [9.17, 15) is 0 Å². The predicted molar refractivity (Wildman–Crippen MR) is 229 cm³/mol. The van der Waals surface area contributed by atoms with Crippen molar-refractivity contribution in [2.45, 2.75) is 0 Å². The maximum atomic E-state index is 5.56. The minimum absolute atomic E-state index is 0.915. The Balaban J connectivity index is 1.26. The number of hydrogen-bond acceptors (Lipinski definition) is 2. The smallest absolute Gasteiger partial charge is 0.0795 e. The monoisotopic (exact) mass is 684 g/mol. The Labute approximate surface area is 312 Å². The van der Waals surface area contributed by atoms with Crippen LogP contribution in [-0.2, 0) is 0 Å². The van der Waals surface area contributed by atoms with Gasteiger partial charge >= 0.3 is 0 Å². The standard InChI is InChI=1S/C52H32N2/c1-4-14-36-27-39(24-21-33(36)11-1)43-31-48(41-25-22-34-12-2-5-15-37(34)28-41)53-49(32-43)46-30-40-17-7-8-18-44(40)50-45-19-9-10-20-47(45)54-52(51(46)50)42-26-23-35-13-3-6-16-38(35)29-42/h1-32H. The van der Waals surface area contributed by atoms with E-state index < -0.39 is 0 Å². The minimum Gasteiger partial charge on any atom is -0.248 e. The van der Waals surface area contributed by atoms with Gasteiger partial charge in [-0.1, -0.05) is 152 Å². The van der Waals surface area contributed by atoms with Crippen molar-refractivity contribution in [3.05, 3.63) is 194 Å². The number of para-hydroxylation sites is 1. The summed E-state index contributed by atoms with van der Waals surface area (Å²) >= 11 is 0. The van der Waals surface area contributed by atoms with Crippen LogP contribution in [0.1, 0.15) is 0 Å². The molecule has 0 aliphatic carbocycles. The Kier molecular flexibility index (Phi) is 6.90. The third-order valence-corrected chi connectivity index (χ3v) is 10.9. The van der Waals surface area contributed by atoms with Gasteiger partial charge in [0.05, 0.1) is 22.6 Å². The molecule has 2 nitrogen and oxygen atoms in total. The van der Waals surface area contributed by atoms with Gasteiger partial charge in [0.15, 0.2) is 0 Å². The number of pyridine rings is 2. The van der Waals surface area contributed by atoms with Crippen LogP contribution in [-0.4, -0.2) is 9.97 Å². The van der Waals surface area contributed by atoms with E-state index in [1.165, 1.54) is 48.5 Å². The van der Waals surface area contributed by atoms with Crippen LogP contribution in [0.4, 0.5) is 0 Å². The average Bonchev–Trinajstić information content (AvgIpc) is 3.25. The highest BCUT2D eigenvalue weighted by atomic mass is 14.7. The molecule has 0 aliphatic rings. The molecule has 0 fully saturated rings. The second kappa shape index (κ2) is 12.2. The molecule has 0 unspecified atom stereocenters. The number of hydrogen-bond donors (Lipinski definition) is 0. The molecule has 0 N–H and O–H groups in total. The van der Waals surface area contributed by atoms with Crippen molar-refractivity contribution >= 4 is 64.8 Å². The molecule has 2 aromatic heterocycles. The Bertz CT molecular complexity index is 3170. The number of benzene rings is 9. The highest BCUT2D eigenvalue weighted by molar-refractivity contribution is 6.26. The lowest BCUT2D eigenvalue weighted by Gasteiger charge is -2.18. The summed E-state index contributed by atoms with van der Waals surface area (Å²) in [7, 11) is 0. The molecule has 0 bridgehead atoms. The molecule has 9 aromatic carbocycles. The first-order chi connectivity index (χ1) is 26.7. The second-order valence-corrected chi connectivity index (χ2v) is 14.2. The van der Waals surface area contributed by atoms with Gasteiger partial charge in [0.2, 0.25) is 0 Å². The highest BCUT2D eigenvalue weighted by Gasteiger charge is 2.20. The van der Waals surface area contributed by atoms with Gasteiger partial charge in [0.25, 0.3) is 0 Å². The molecule has 2 heterocycles. The van der Waals surface area contributed by atoms with E-state index in [0.29, 0.717) is 0 Å². The third kappa shape index (κ3) is 5.03. The van der Waals surface area contributed by atoms with Gasteiger partial charge in [-0.05, 0) is 96.7 Å². The van der Waals surface area contributed by atoms with Crippen molar-refractivity contribution in [3.8, 4) is 44.9 Å². The average molecular weight is 685 g/mol. The van der Waals surface area contributed by atoms with Crippen molar-refractivity contribution in [2.75, 3.05) is 0 Å². The first kappa shape index (κ1) is 30.5. The lowest BCUT2D eigenvalue weighted by Crippen LogP contribution is -1.97. The van der Waals surface area contributed by atoms with Crippen molar-refractivity contribution in [2.24, 2.45) is 0 Å². The lowest BCUT2D eigenvalue weighted by atomic mass is 9.89. The fourth-order valence-electron chi connectivity index (χ4n) is 8.28. The number of aromatic nitrogens is 2. The Morgan fingerprint density at radius 2 is 0.778 bits per heavy atom. The fraction of sp³-hybridized carbons (Fsp3) is 0. The number of nitrogens with zero attached hydrogens (tertiary/aromatic N) is 2. The molecule has 0 amide bonds. The molecule has 11 rings (SSSR count). The summed E-state index contributed by atoms with van der Waals surface area (Å²) in [5.74, 6) is 0. The van der Waals surface area contributed by atoms with Gasteiger partial charge in [-0.15, -0.1) is 0 Å². The zero-order valence-corrected chi connectivity index (χ0v) is 29.4. The summed E-state index contributed by atoms with van der Waals surface area (Å²) in [6.07, 6.45) is 0. The summed E-state index contributed by atoms with van der Waals surface area (Å²) in [5.41, 5.74) is 9.30. The zero-order valence-electron chi connectivity index (χ0n) is 29.4. The van der Waals surface area contributed by atoms with E-state index in [2.05, 4.69) is 194 Å². The van der Waals surface area contributed by atoms with Crippen LogP contribution < -0.4 is 0 Å². The first-order valence-corrected chi connectivity index (χ1v) is 18.5. The summed E-state index contributed by atoms with van der Waals surface area (Å²) in [6.45, 7) is 0. The number of fused-ring (bicyclic) bond motifs is 8. The van der Waals surface area contributed by atoms with E-state index in [-0.39, 0.29) is 0 Å². The van der Waals surface area contributed by atoms with Crippen molar-refractivity contribution in [1.29, 1.82) is 0 Å². The Morgan fingerprint density at radius 3 is 1.46 bits per heavy atom. The van der Waals surface area contributed by atoms with Gasteiger partial charge < -0.3 is 0 Å². The summed E-state index contributed by atoms with van der Waals surface area (Å²) in [6, 6.07) is 69.9. The van der Waals surface area contributed by atoms with Crippen molar-refractivity contribution in [3.63, 3.8) is 0 Å². The van der Waals surface area contributed by atoms with Crippen LogP contribution in [0.25, 0.3) is 110 Å². The SMILES string of the molecule is c1ccc2cc(-c3cc(-c4ccc5ccccc5c4)nc(-c4cc5ccccc5c5c4c(-c4ccc6ccccc6c4)nc4ccccc45)c3)ccc2c1. The fourth-order valence-corrected chi connectivity index (χ4v) is 8.28. The maximum Gasteiger partial charge on any atom is 0.0795 e. The lowest BCUT2D eigenvalue weighted by molar-refractivity contribution is 1.33. The zero-order chi connectivity index (χ0) is 35.6. The minimum atomic E-state index is 0.915. The summed E-state index contributed by atoms with van der Waals surface area (Å²) in [4.78, 5) is 11.0. The maximum absolute atomic E-state index is 5.56. The predicted octanol–water partition coefficient (Wildman–Crippen LogP) is 14.1. The molecule has 250 valence electrons. The normalized spacial score (nSPS) is 11.7. The van der Waals surface area contributed by atoms with E-state index >= 15 is 0 Å². The molecule has 54 heavy (non-hydrogen) atoms. The second-order valence-electron chi connectivity index (χ2n) is 14.2. The van der Waals surface area contributed by atoms with Crippen LogP contribution in [0.15, 0.2) is 194 Å². The van der Waals surface area contributed by atoms with Crippen molar-refractivity contribution < 1.29 is 0 Å². The molecule has 0 aliphatic heterocycles. The quantitative estimate of drug-likeness (QED) is 0.172. The largest absolute Gasteiger partial charge is 0.248 e. The van der Waals surface area contributed by atoms with Gasteiger partial charge in [-0.3, -0.25) is 0 Å². The molecule has 11 aromatic rings. The third-order valence-electron chi connectivity index (χ3n) is 10.9. The van der Waals surface area contributed by atoms with E-state index in [1.54, 1.807) is 0 Å². The summed E-state index contributed by atoms with van der Waals surface area (Å²) < 4.78 is 0. The topological polar surface area (TPSA) is 25.8 Å². The summed E-state index contributed by atoms with van der Waals surface area (Å²) in [5, 5.41) is 13.1. The molecular weight excluding hydrogens is 653 g/mol. The van der Waals surface area contributed by atoms with Crippen LogP contribution >= 0.6 is 0 Å².